The molecular weight excluding hydrogens is 264 g/mol. The summed E-state index contributed by atoms with van der Waals surface area (Å²) in [6.45, 7) is 5.15. The van der Waals surface area contributed by atoms with Gasteiger partial charge in [-0.05, 0) is 38.5 Å². The minimum absolute atomic E-state index is 0.328. The standard InChI is InChI=1S/C14H17ClN2O2/c1-4-14(3,9-16)17-13(18)10(2)19-12-7-5-6-11(15)8-12/h5-8,10H,4H2,1-3H3,(H,17,18). The summed E-state index contributed by atoms with van der Waals surface area (Å²) >= 11 is 5.84. The van der Waals surface area contributed by atoms with Crippen LogP contribution in [0.1, 0.15) is 27.2 Å². The quantitative estimate of drug-likeness (QED) is 0.902. The van der Waals surface area contributed by atoms with Crippen LogP contribution >= 0.6 is 11.6 Å². The number of nitrogens with zero attached hydrogens (tertiary/aromatic N) is 1. The first-order valence-electron chi connectivity index (χ1n) is 6.05. The molecule has 0 radical (unpaired) electrons. The van der Waals surface area contributed by atoms with Gasteiger partial charge in [0.15, 0.2) is 6.10 Å². The molecule has 1 aromatic carbocycles. The van der Waals surface area contributed by atoms with Crippen LogP contribution in [0.3, 0.4) is 0 Å². The molecule has 0 aliphatic rings. The van der Waals surface area contributed by atoms with Crippen molar-refractivity contribution in [1.82, 2.24) is 5.32 Å². The number of amides is 1. The predicted molar refractivity (Wildman–Crippen MR) is 74.0 cm³/mol. The highest BCUT2D eigenvalue weighted by atomic mass is 35.5. The van der Waals surface area contributed by atoms with E-state index >= 15 is 0 Å². The van der Waals surface area contributed by atoms with Crippen molar-refractivity contribution in [3.63, 3.8) is 0 Å². The van der Waals surface area contributed by atoms with Gasteiger partial charge in [0, 0.05) is 5.02 Å². The van der Waals surface area contributed by atoms with E-state index < -0.39 is 11.6 Å². The Balaban J connectivity index is 2.66. The van der Waals surface area contributed by atoms with E-state index in [0.29, 0.717) is 17.2 Å². The number of carbonyl (C=O) groups excluding carboxylic acids is 1. The van der Waals surface area contributed by atoms with E-state index in [-0.39, 0.29) is 5.91 Å². The van der Waals surface area contributed by atoms with Crippen LogP contribution in [0.25, 0.3) is 0 Å². The number of nitriles is 1. The summed E-state index contributed by atoms with van der Waals surface area (Å²) in [6, 6.07) is 8.90. The lowest BCUT2D eigenvalue weighted by atomic mass is 10.0. The molecule has 1 amide bonds. The van der Waals surface area contributed by atoms with Gasteiger partial charge in [0.1, 0.15) is 11.3 Å². The fraction of sp³-hybridized carbons (Fsp3) is 0.429. The number of hydrogen-bond acceptors (Lipinski definition) is 3. The number of ether oxygens (including phenoxy) is 1. The van der Waals surface area contributed by atoms with Crippen LogP contribution in [0.4, 0.5) is 0 Å². The second kappa shape index (κ2) is 6.44. The summed E-state index contributed by atoms with van der Waals surface area (Å²) in [5.74, 6) is 0.191. The predicted octanol–water partition coefficient (Wildman–Crippen LogP) is 2.92. The van der Waals surface area contributed by atoms with Crippen LogP contribution in [-0.4, -0.2) is 17.6 Å². The van der Waals surface area contributed by atoms with Gasteiger partial charge in [-0.2, -0.15) is 5.26 Å². The first-order valence-corrected chi connectivity index (χ1v) is 6.43. The van der Waals surface area contributed by atoms with E-state index in [0.717, 1.165) is 0 Å². The maximum absolute atomic E-state index is 11.9. The number of halogens is 1. The van der Waals surface area contributed by atoms with Crippen LogP contribution in [0, 0.1) is 11.3 Å². The second-order valence-electron chi connectivity index (χ2n) is 4.50. The summed E-state index contributed by atoms with van der Waals surface area (Å²) in [7, 11) is 0. The van der Waals surface area contributed by atoms with Gasteiger partial charge in [-0.15, -0.1) is 0 Å². The Bertz CT molecular complexity index is 498. The van der Waals surface area contributed by atoms with Gasteiger partial charge in [0.25, 0.3) is 5.91 Å². The Morgan fingerprint density at radius 3 is 2.84 bits per heavy atom. The van der Waals surface area contributed by atoms with Gasteiger partial charge in [0.05, 0.1) is 6.07 Å². The molecule has 0 aliphatic carbocycles. The van der Waals surface area contributed by atoms with E-state index in [1.54, 1.807) is 38.1 Å². The van der Waals surface area contributed by atoms with Crippen LogP contribution in [-0.2, 0) is 4.79 Å². The summed E-state index contributed by atoms with van der Waals surface area (Å²) in [5.41, 5.74) is -0.872. The molecule has 0 bridgehead atoms. The Labute approximate surface area is 118 Å². The Hall–Kier alpha value is -1.73. The first-order chi connectivity index (χ1) is 8.90. The van der Waals surface area contributed by atoms with Crippen molar-refractivity contribution in [2.45, 2.75) is 38.8 Å². The fourth-order valence-corrected chi connectivity index (χ4v) is 1.55. The molecule has 2 unspecified atom stereocenters. The van der Waals surface area contributed by atoms with E-state index in [4.69, 9.17) is 21.6 Å². The lowest BCUT2D eigenvalue weighted by Crippen LogP contribution is -2.49. The van der Waals surface area contributed by atoms with E-state index in [1.165, 1.54) is 0 Å². The average molecular weight is 281 g/mol. The van der Waals surface area contributed by atoms with E-state index in [2.05, 4.69) is 11.4 Å². The Morgan fingerprint density at radius 2 is 2.32 bits per heavy atom. The number of benzene rings is 1. The SMILES string of the molecule is CCC(C)(C#N)NC(=O)C(C)Oc1cccc(Cl)c1. The molecule has 1 N–H and O–H groups in total. The van der Waals surface area contributed by atoms with Gasteiger partial charge >= 0.3 is 0 Å². The van der Waals surface area contributed by atoms with Crippen LogP contribution in [0.5, 0.6) is 5.75 Å². The highest BCUT2D eigenvalue weighted by molar-refractivity contribution is 6.30. The van der Waals surface area contributed by atoms with Gasteiger partial charge in [0.2, 0.25) is 0 Å². The van der Waals surface area contributed by atoms with Crippen molar-refractivity contribution >= 4 is 17.5 Å². The molecule has 0 saturated carbocycles. The topological polar surface area (TPSA) is 62.1 Å². The molecule has 102 valence electrons. The maximum Gasteiger partial charge on any atom is 0.262 e. The number of hydrogen-bond donors (Lipinski definition) is 1. The van der Waals surface area contributed by atoms with Crippen LogP contribution in [0.2, 0.25) is 5.02 Å². The lowest BCUT2D eigenvalue weighted by molar-refractivity contribution is -0.128. The van der Waals surface area contributed by atoms with Crippen molar-refractivity contribution in [3.05, 3.63) is 29.3 Å². The summed E-state index contributed by atoms with van der Waals surface area (Å²) in [6.07, 6.45) is -0.170. The van der Waals surface area contributed by atoms with Crippen LogP contribution < -0.4 is 10.1 Å². The van der Waals surface area contributed by atoms with E-state index in [9.17, 15) is 4.79 Å². The molecule has 0 saturated heterocycles. The highest BCUT2D eigenvalue weighted by Crippen LogP contribution is 2.18. The third-order valence-electron chi connectivity index (χ3n) is 2.83. The minimum atomic E-state index is -0.872. The molecule has 0 heterocycles. The van der Waals surface area contributed by atoms with Crippen molar-refractivity contribution in [1.29, 1.82) is 5.26 Å². The molecule has 0 fully saturated rings. The number of rotatable bonds is 5. The number of nitrogens with one attached hydrogen (secondary N) is 1. The molecule has 4 nitrogen and oxygen atoms in total. The van der Waals surface area contributed by atoms with Crippen molar-refractivity contribution in [2.75, 3.05) is 0 Å². The summed E-state index contributed by atoms with van der Waals surface area (Å²) < 4.78 is 5.49. The van der Waals surface area contributed by atoms with Crippen molar-refractivity contribution in [3.8, 4) is 11.8 Å². The number of carbonyl (C=O) groups is 1. The third-order valence-corrected chi connectivity index (χ3v) is 3.07. The van der Waals surface area contributed by atoms with Gasteiger partial charge < -0.3 is 10.1 Å². The van der Waals surface area contributed by atoms with Gasteiger partial charge in [-0.25, -0.2) is 0 Å². The Kier molecular flexibility index (Phi) is 5.20. The molecule has 0 spiro atoms. The zero-order chi connectivity index (χ0) is 14.5. The fourth-order valence-electron chi connectivity index (χ4n) is 1.37. The molecule has 0 aliphatic heterocycles. The molecule has 1 rings (SSSR count). The monoisotopic (exact) mass is 280 g/mol. The van der Waals surface area contributed by atoms with Crippen molar-refractivity contribution < 1.29 is 9.53 Å². The molecule has 5 heteroatoms. The smallest absolute Gasteiger partial charge is 0.262 e. The van der Waals surface area contributed by atoms with Crippen molar-refractivity contribution in [2.24, 2.45) is 0 Å². The molecule has 19 heavy (non-hydrogen) atoms. The third kappa shape index (κ3) is 4.46. The first kappa shape index (κ1) is 15.3. The molecular formula is C14H17ClN2O2. The maximum atomic E-state index is 11.9. The van der Waals surface area contributed by atoms with Gasteiger partial charge in [-0.3, -0.25) is 4.79 Å². The zero-order valence-corrected chi connectivity index (χ0v) is 12.0. The Morgan fingerprint density at radius 1 is 1.63 bits per heavy atom. The molecule has 0 aromatic heterocycles. The normalized spacial score (nSPS) is 14.9. The van der Waals surface area contributed by atoms with Crippen LogP contribution in [0.15, 0.2) is 24.3 Å². The van der Waals surface area contributed by atoms with E-state index in [1.807, 2.05) is 6.92 Å². The average Bonchev–Trinajstić information content (AvgIpc) is 2.38. The highest BCUT2D eigenvalue weighted by Gasteiger charge is 2.27. The largest absolute Gasteiger partial charge is 0.481 e. The zero-order valence-electron chi connectivity index (χ0n) is 11.2. The summed E-state index contributed by atoms with van der Waals surface area (Å²) in [4.78, 5) is 11.9. The minimum Gasteiger partial charge on any atom is -0.481 e. The lowest BCUT2D eigenvalue weighted by Gasteiger charge is -2.24. The van der Waals surface area contributed by atoms with Gasteiger partial charge in [-0.1, -0.05) is 24.6 Å². The molecule has 1 aromatic rings. The second-order valence-corrected chi connectivity index (χ2v) is 4.94. The molecule has 2 atom stereocenters. The summed E-state index contributed by atoms with van der Waals surface area (Å²) in [5, 5.41) is 12.2.